The molecule has 2 aliphatic rings. The third kappa shape index (κ3) is 7.45. The van der Waals surface area contributed by atoms with Crippen molar-refractivity contribution in [3.8, 4) is 0 Å². The number of piperidine rings is 1. The van der Waals surface area contributed by atoms with Gasteiger partial charge < -0.3 is 15.5 Å². The Bertz CT molecular complexity index is 1110. The molecule has 2 aliphatic heterocycles. The number of nitrogens with two attached hydrogens (primary N) is 1. The third-order valence-electron chi connectivity index (χ3n) is 9.16. The first-order valence-electron chi connectivity index (χ1n) is 15.4. The highest BCUT2D eigenvalue weighted by Gasteiger charge is 2.36. The van der Waals surface area contributed by atoms with Crippen LogP contribution in [0.2, 0.25) is 0 Å². The number of primary amides is 1. The normalized spacial score (nSPS) is 20.5. The fourth-order valence-electron chi connectivity index (χ4n) is 6.52. The zero-order valence-electron chi connectivity index (χ0n) is 25.3. The van der Waals surface area contributed by atoms with Gasteiger partial charge in [-0.05, 0) is 67.1 Å². The number of nitrogens with zero attached hydrogens (tertiary/aromatic N) is 3. The molecule has 2 fully saturated rings. The maximum atomic E-state index is 13.7. The molecule has 2 aromatic rings. The van der Waals surface area contributed by atoms with Crippen LogP contribution in [0.15, 0.2) is 48.5 Å². The molecule has 3 atom stereocenters. The van der Waals surface area contributed by atoms with Gasteiger partial charge in [-0.15, -0.1) is 0 Å². The smallest absolute Gasteiger partial charge is 0.314 e. The summed E-state index contributed by atoms with van der Waals surface area (Å²) in [6, 6.07) is 18.2. The van der Waals surface area contributed by atoms with Crippen LogP contribution in [0.1, 0.15) is 94.0 Å². The highest BCUT2D eigenvalue weighted by Crippen LogP contribution is 2.34. The Balaban J connectivity index is 1.53. The predicted molar refractivity (Wildman–Crippen MR) is 163 cm³/mol. The van der Waals surface area contributed by atoms with Crippen LogP contribution in [0.5, 0.6) is 0 Å². The van der Waals surface area contributed by atoms with Crippen molar-refractivity contribution >= 4 is 11.9 Å². The molecule has 0 bridgehead atoms. The van der Waals surface area contributed by atoms with Gasteiger partial charge in [-0.2, -0.15) is 0 Å². The van der Waals surface area contributed by atoms with Gasteiger partial charge in [0.05, 0.1) is 6.04 Å². The van der Waals surface area contributed by atoms with Gasteiger partial charge in [0.15, 0.2) is 0 Å². The topological polar surface area (TPSA) is 69.9 Å². The van der Waals surface area contributed by atoms with Crippen LogP contribution in [-0.4, -0.2) is 65.4 Å². The van der Waals surface area contributed by atoms with Crippen LogP contribution >= 0.6 is 0 Å². The van der Waals surface area contributed by atoms with E-state index in [1.54, 1.807) is 4.90 Å². The number of carbonyl (C=O) groups excluding carboxylic acids is 2. The molecule has 0 aromatic heterocycles. The second kappa shape index (κ2) is 13.7. The number of urea groups is 1. The van der Waals surface area contributed by atoms with E-state index in [1.165, 1.54) is 22.3 Å². The number of benzene rings is 2. The minimum Gasteiger partial charge on any atom is -0.351 e. The minimum absolute atomic E-state index is 0.164. The second-order valence-electron chi connectivity index (χ2n) is 12.6. The Morgan fingerprint density at radius 1 is 0.875 bits per heavy atom. The van der Waals surface area contributed by atoms with Crippen LogP contribution in [0.25, 0.3) is 0 Å². The molecule has 4 rings (SSSR count). The van der Waals surface area contributed by atoms with Crippen molar-refractivity contribution in [1.29, 1.82) is 0 Å². The van der Waals surface area contributed by atoms with Crippen molar-refractivity contribution in [2.45, 2.75) is 84.7 Å². The van der Waals surface area contributed by atoms with E-state index in [4.69, 9.17) is 5.73 Å². The average Bonchev–Trinajstić information content (AvgIpc) is 2.94. The number of amides is 3. The van der Waals surface area contributed by atoms with Gasteiger partial charge in [-0.3, -0.25) is 9.69 Å². The van der Waals surface area contributed by atoms with Gasteiger partial charge >= 0.3 is 6.03 Å². The number of carbonyl (C=O) groups is 2. The first-order chi connectivity index (χ1) is 19.2. The molecule has 2 saturated heterocycles. The molecule has 0 radical (unpaired) electrons. The molecule has 2 N–H and O–H groups in total. The summed E-state index contributed by atoms with van der Waals surface area (Å²) < 4.78 is 0. The van der Waals surface area contributed by atoms with Gasteiger partial charge in [-0.25, -0.2) is 4.79 Å². The fraction of sp³-hybridized carbons (Fsp3) is 0.588. The van der Waals surface area contributed by atoms with E-state index < -0.39 is 0 Å². The quantitative estimate of drug-likeness (QED) is 0.399. The Kier molecular flexibility index (Phi) is 10.3. The van der Waals surface area contributed by atoms with Crippen molar-refractivity contribution in [1.82, 2.24) is 14.7 Å². The Morgan fingerprint density at radius 2 is 1.45 bits per heavy atom. The van der Waals surface area contributed by atoms with Gasteiger partial charge in [-0.1, -0.05) is 81.8 Å². The summed E-state index contributed by atoms with van der Waals surface area (Å²) in [6.45, 7) is 15.0. The Labute approximate surface area is 241 Å². The summed E-state index contributed by atoms with van der Waals surface area (Å²) in [5.41, 5.74) is 10.7. The van der Waals surface area contributed by atoms with Gasteiger partial charge in [0.25, 0.3) is 0 Å². The van der Waals surface area contributed by atoms with Crippen molar-refractivity contribution in [2.75, 3.05) is 32.7 Å². The third-order valence-corrected chi connectivity index (χ3v) is 9.16. The summed E-state index contributed by atoms with van der Waals surface area (Å²) in [7, 11) is 0. The number of rotatable bonds is 9. The first-order valence-corrected chi connectivity index (χ1v) is 15.4. The minimum atomic E-state index is -0.351. The molecule has 6 nitrogen and oxygen atoms in total. The van der Waals surface area contributed by atoms with Crippen LogP contribution < -0.4 is 5.73 Å². The van der Waals surface area contributed by atoms with Crippen molar-refractivity contribution in [3.63, 3.8) is 0 Å². The summed E-state index contributed by atoms with van der Waals surface area (Å²) in [5, 5.41) is 0. The fourth-order valence-corrected chi connectivity index (χ4v) is 6.52. The lowest BCUT2D eigenvalue weighted by Gasteiger charge is -2.46. The van der Waals surface area contributed by atoms with E-state index in [1.807, 2.05) is 0 Å². The number of likely N-dealkylation sites (tertiary alicyclic amines) is 1. The SMILES string of the molecule is CCC(C)c1ccc(C(c2ccc(C)cc2)N2CCN(C(=O)CC3CCN(C(N)=O)CC3)C(CC(C)C)C2)cc1. The van der Waals surface area contributed by atoms with E-state index >= 15 is 0 Å². The monoisotopic (exact) mass is 546 g/mol. The van der Waals surface area contributed by atoms with Gasteiger partial charge in [0, 0.05) is 45.2 Å². The number of piperazine rings is 1. The Morgan fingerprint density at radius 3 is 2.00 bits per heavy atom. The highest BCUT2D eigenvalue weighted by atomic mass is 16.2. The molecule has 0 saturated carbocycles. The van der Waals surface area contributed by atoms with Crippen LogP contribution in [0.4, 0.5) is 4.79 Å². The maximum Gasteiger partial charge on any atom is 0.314 e. The molecule has 2 heterocycles. The van der Waals surface area contributed by atoms with E-state index in [9.17, 15) is 9.59 Å². The van der Waals surface area contributed by atoms with Gasteiger partial charge in [0.2, 0.25) is 5.91 Å². The Hall–Kier alpha value is -2.86. The van der Waals surface area contributed by atoms with E-state index in [-0.39, 0.29) is 24.0 Å². The molecule has 3 amide bonds. The maximum absolute atomic E-state index is 13.7. The van der Waals surface area contributed by atoms with E-state index in [2.05, 4.69) is 92.9 Å². The largest absolute Gasteiger partial charge is 0.351 e. The van der Waals surface area contributed by atoms with Crippen molar-refractivity contribution < 1.29 is 9.59 Å². The lowest BCUT2D eigenvalue weighted by Crippen LogP contribution is -2.56. The molecular weight excluding hydrogens is 496 g/mol. The zero-order chi connectivity index (χ0) is 28.8. The second-order valence-corrected chi connectivity index (χ2v) is 12.6. The number of hydrogen-bond acceptors (Lipinski definition) is 3. The van der Waals surface area contributed by atoms with Crippen LogP contribution in [0, 0.1) is 18.8 Å². The molecule has 3 unspecified atom stereocenters. The molecule has 2 aromatic carbocycles. The van der Waals surface area contributed by atoms with Crippen molar-refractivity contribution in [2.24, 2.45) is 17.6 Å². The molecule has 0 aliphatic carbocycles. The van der Waals surface area contributed by atoms with Crippen LogP contribution in [0.3, 0.4) is 0 Å². The summed E-state index contributed by atoms with van der Waals surface area (Å²) in [6.07, 6.45) is 4.41. The first kappa shape index (κ1) is 30.1. The average molecular weight is 547 g/mol. The lowest BCUT2D eigenvalue weighted by molar-refractivity contribution is -0.138. The molecule has 40 heavy (non-hydrogen) atoms. The number of hydrogen-bond donors (Lipinski definition) is 1. The zero-order valence-corrected chi connectivity index (χ0v) is 25.3. The highest BCUT2D eigenvalue weighted by molar-refractivity contribution is 5.77. The van der Waals surface area contributed by atoms with E-state index in [0.29, 0.717) is 37.3 Å². The molecule has 6 heteroatoms. The molecule has 218 valence electrons. The standard InChI is InChI=1S/C34H50N4O2/c1-6-26(5)28-11-13-30(14-12-28)33(29-9-7-25(4)8-10-29)37-19-20-38(31(23-37)21-24(2)3)32(39)22-27-15-17-36(18-16-27)34(35)40/h7-14,24,26-27,31,33H,6,15-23H2,1-5H3,(H2,35,40). The molecule has 0 spiro atoms. The lowest BCUT2D eigenvalue weighted by atomic mass is 9.90. The van der Waals surface area contributed by atoms with Crippen LogP contribution in [-0.2, 0) is 4.79 Å². The predicted octanol–water partition coefficient (Wildman–Crippen LogP) is 6.34. The number of aryl methyl sites for hydroxylation is 1. The van der Waals surface area contributed by atoms with Crippen molar-refractivity contribution in [3.05, 3.63) is 70.8 Å². The summed E-state index contributed by atoms with van der Waals surface area (Å²) in [5.74, 6) is 1.66. The summed E-state index contributed by atoms with van der Waals surface area (Å²) in [4.78, 5) is 31.6. The summed E-state index contributed by atoms with van der Waals surface area (Å²) >= 11 is 0. The molecular formula is C34H50N4O2. The van der Waals surface area contributed by atoms with E-state index in [0.717, 1.165) is 45.3 Å². The van der Waals surface area contributed by atoms with Gasteiger partial charge in [0.1, 0.15) is 0 Å².